The third kappa shape index (κ3) is 3.52. The van der Waals surface area contributed by atoms with E-state index in [-0.39, 0.29) is 18.4 Å². The first-order valence-electron chi connectivity index (χ1n) is 5.08. The van der Waals surface area contributed by atoms with E-state index in [0.717, 1.165) is 12.0 Å². The molecule has 0 saturated heterocycles. The Balaban J connectivity index is 2.60. The molecule has 0 spiro atoms. The quantitative estimate of drug-likeness (QED) is 0.625. The molecule has 5 heteroatoms. The van der Waals surface area contributed by atoms with Crippen LogP contribution < -0.4 is 11.2 Å². The molecular formula is C11H16N2O3. The van der Waals surface area contributed by atoms with Crippen LogP contribution in [0.1, 0.15) is 24.9 Å². The second kappa shape index (κ2) is 6.09. The minimum absolute atomic E-state index is 0.166. The Morgan fingerprint density at radius 3 is 2.81 bits per heavy atom. The van der Waals surface area contributed by atoms with Crippen molar-refractivity contribution in [1.29, 1.82) is 0 Å². The molecule has 88 valence electrons. The highest BCUT2D eigenvalue weighted by Gasteiger charge is 2.12. The lowest BCUT2D eigenvalue weighted by molar-refractivity contribution is -0.126. The van der Waals surface area contributed by atoms with Crippen molar-refractivity contribution in [3.8, 4) is 5.75 Å². The Hall–Kier alpha value is -1.59. The number of phenols is 1. The number of phenolic OH excluding ortho intramolecular Hbond substituents is 1. The van der Waals surface area contributed by atoms with Crippen LogP contribution in [0.5, 0.6) is 5.75 Å². The second-order valence-corrected chi connectivity index (χ2v) is 3.39. The molecule has 0 heterocycles. The average molecular weight is 224 g/mol. The van der Waals surface area contributed by atoms with E-state index in [9.17, 15) is 9.90 Å². The van der Waals surface area contributed by atoms with Gasteiger partial charge in [0.15, 0.2) is 0 Å². The molecule has 4 N–H and O–H groups in total. The molecule has 0 radical (unpaired) electrons. The number of aromatic hydroxyl groups is 1. The average Bonchev–Trinajstić information content (AvgIpc) is 2.25. The lowest BCUT2D eigenvalue weighted by atomic mass is 10.0. The summed E-state index contributed by atoms with van der Waals surface area (Å²) in [4.78, 5) is 15.4. The zero-order chi connectivity index (χ0) is 12.0. The zero-order valence-corrected chi connectivity index (χ0v) is 9.14. The highest BCUT2D eigenvalue weighted by molar-refractivity contribution is 5.74. The van der Waals surface area contributed by atoms with Gasteiger partial charge < -0.3 is 10.8 Å². The fourth-order valence-corrected chi connectivity index (χ4v) is 1.36. The summed E-state index contributed by atoms with van der Waals surface area (Å²) >= 11 is 0. The van der Waals surface area contributed by atoms with Crippen LogP contribution in [0.3, 0.4) is 0 Å². The molecule has 0 fully saturated rings. The van der Waals surface area contributed by atoms with E-state index in [4.69, 9.17) is 10.6 Å². The van der Waals surface area contributed by atoms with Gasteiger partial charge in [0.05, 0.1) is 6.04 Å². The van der Waals surface area contributed by atoms with E-state index in [1.165, 1.54) is 0 Å². The van der Waals surface area contributed by atoms with Gasteiger partial charge in [-0.2, -0.15) is 5.48 Å². The summed E-state index contributed by atoms with van der Waals surface area (Å²) in [7, 11) is 0. The predicted octanol–water partition coefficient (Wildman–Crippen LogP) is 0.850. The molecule has 1 rings (SSSR count). The summed E-state index contributed by atoms with van der Waals surface area (Å²) < 4.78 is 0. The van der Waals surface area contributed by atoms with E-state index in [1.807, 2.05) is 13.0 Å². The predicted molar refractivity (Wildman–Crippen MR) is 59.4 cm³/mol. The zero-order valence-electron chi connectivity index (χ0n) is 9.14. The molecular weight excluding hydrogens is 208 g/mol. The molecule has 0 bridgehead atoms. The lowest BCUT2D eigenvalue weighted by Gasteiger charge is -2.17. The van der Waals surface area contributed by atoms with Crippen molar-refractivity contribution >= 4 is 5.91 Å². The summed E-state index contributed by atoms with van der Waals surface area (Å²) in [6.45, 7) is 1.75. The van der Waals surface area contributed by atoms with Crippen LogP contribution >= 0.6 is 0 Å². The van der Waals surface area contributed by atoms with Crippen molar-refractivity contribution in [2.75, 3.05) is 6.61 Å². The number of hydroxylamine groups is 1. The highest BCUT2D eigenvalue weighted by atomic mass is 16.6. The van der Waals surface area contributed by atoms with Crippen molar-refractivity contribution < 1.29 is 14.7 Å². The first-order chi connectivity index (χ1) is 7.65. The summed E-state index contributed by atoms with van der Waals surface area (Å²) in [5.41, 5.74) is 8.36. The minimum atomic E-state index is -0.542. The van der Waals surface area contributed by atoms with Gasteiger partial charge in [0.25, 0.3) is 0 Å². The standard InChI is InChI=1S/C11H16N2O3/c1-2-9(13-16-7-11(12)15)8-5-3-4-6-10(8)14/h3-6,9,13-14H,2,7H2,1H3,(H2,12,15). The number of nitrogens with one attached hydrogen (secondary N) is 1. The largest absolute Gasteiger partial charge is 0.508 e. The molecule has 0 aromatic heterocycles. The Morgan fingerprint density at radius 1 is 1.56 bits per heavy atom. The van der Waals surface area contributed by atoms with Gasteiger partial charge in [-0.3, -0.25) is 9.63 Å². The van der Waals surface area contributed by atoms with Crippen molar-refractivity contribution in [1.82, 2.24) is 5.48 Å². The van der Waals surface area contributed by atoms with Crippen LogP contribution in [-0.4, -0.2) is 17.6 Å². The number of primary amides is 1. The van der Waals surface area contributed by atoms with E-state index in [0.29, 0.717) is 0 Å². The number of rotatable bonds is 6. The first kappa shape index (κ1) is 12.5. The number of hydrogen-bond donors (Lipinski definition) is 3. The van der Waals surface area contributed by atoms with E-state index in [2.05, 4.69) is 5.48 Å². The molecule has 0 saturated carbocycles. The van der Waals surface area contributed by atoms with Crippen molar-refractivity contribution in [2.45, 2.75) is 19.4 Å². The van der Waals surface area contributed by atoms with Gasteiger partial charge in [0.2, 0.25) is 5.91 Å². The number of carbonyl (C=O) groups excluding carboxylic acids is 1. The maximum absolute atomic E-state index is 10.5. The van der Waals surface area contributed by atoms with Gasteiger partial charge in [0.1, 0.15) is 12.4 Å². The molecule has 0 aliphatic rings. The number of para-hydroxylation sites is 1. The van der Waals surface area contributed by atoms with Crippen molar-refractivity contribution in [2.24, 2.45) is 5.73 Å². The first-order valence-corrected chi connectivity index (χ1v) is 5.08. The van der Waals surface area contributed by atoms with Crippen molar-refractivity contribution in [3.05, 3.63) is 29.8 Å². The van der Waals surface area contributed by atoms with E-state index < -0.39 is 5.91 Å². The molecule has 1 aromatic rings. The lowest BCUT2D eigenvalue weighted by Crippen LogP contribution is -2.27. The molecule has 1 atom stereocenters. The van der Waals surface area contributed by atoms with Crippen LogP contribution in [0.2, 0.25) is 0 Å². The maximum Gasteiger partial charge on any atom is 0.245 e. The van der Waals surface area contributed by atoms with Crippen LogP contribution in [0.15, 0.2) is 24.3 Å². The Morgan fingerprint density at radius 2 is 2.25 bits per heavy atom. The van der Waals surface area contributed by atoms with Gasteiger partial charge >= 0.3 is 0 Å². The van der Waals surface area contributed by atoms with Gasteiger partial charge in [-0.05, 0) is 12.5 Å². The van der Waals surface area contributed by atoms with Gasteiger partial charge in [0, 0.05) is 5.56 Å². The fraction of sp³-hybridized carbons (Fsp3) is 0.364. The molecule has 0 aliphatic carbocycles. The summed E-state index contributed by atoms with van der Waals surface area (Å²) in [5.74, 6) is -0.343. The SMILES string of the molecule is CCC(NOCC(N)=O)c1ccccc1O. The van der Waals surface area contributed by atoms with Crippen molar-refractivity contribution in [3.63, 3.8) is 0 Å². The van der Waals surface area contributed by atoms with Crippen LogP contribution in [0.4, 0.5) is 0 Å². The normalized spacial score (nSPS) is 12.3. The fourth-order valence-electron chi connectivity index (χ4n) is 1.36. The number of benzene rings is 1. The maximum atomic E-state index is 10.5. The Bertz CT molecular complexity index is 355. The molecule has 0 aliphatic heterocycles. The molecule has 1 unspecified atom stereocenters. The second-order valence-electron chi connectivity index (χ2n) is 3.39. The molecule has 5 nitrogen and oxygen atoms in total. The number of amides is 1. The Labute approximate surface area is 94.2 Å². The summed E-state index contributed by atoms with van der Waals surface area (Å²) in [6.07, 6.45) is 0.719. The third-order valence-corrected chi connectivity index (χ3v) is 2.16. The number of nitrogens with two attached hydrogens (primary N) is 1. The van der Waals surface area contributed by atoms with Gasteiger partial charge in [-0.25, -0.2) is 0 Å². The van der Waals surface area contributed by atoms with E-state index >= 15 is 0 Å². The Kier molecular flexibility index (Phi) is 4.75. The molecule has 16 heavy (non-hydrogen) atoms. The summed E-state index contributed by atoms with van der Waals surface area (Å²) in [6, 6.07) is 6.81. The number of carbonyl (C=O) groups is 1. The third-order valence-electron chi connectivity index (χ3n) is 2.16. The van der Waals surface area contributed by atoms with Crippen LogP contribution in [0.25, 0.3) is 0 Å². The molecule has 1 amide bonds. The van der Waals surface area contributed by atoms with Crippen LogP contribution in [0, 0.1) is 0 Å². The molecule has 1 aromatic carbocycles. The highest BCUT2D eigenvalue weighted by Crippen LogP contribution is 2.25. The monoisotopic (exact) mass is 224 g/mol. The topological polar surface area (TPSA) is 84.6 Å². The van der Waals surface area contributed by atoms with Crippen LogP contribution in [-0.2, 0) is 9.63 Å². The van der Waals surface area contributed by atoms with Gasteiger partial charge in [-0.15, -0.1) is 0 Å². The smallest absolute Gasteiger partial charge is 0.245 e. The number of hydrogen-bond acceptors (Lipinski definition) is 4. The summed E-state index contributed by atoms with van der Waals surface area (Å²) in [5, 5.41) is 9.63. The van der Waals surface area contributed by atoms with E-state index in [1.54, 1.807) is 18.2 Å². The minimum Gasteiger partial charge on any atom is -0.508 e. The van der Waals surface area contributed by atoms with Gasteiger partial charge in [-0.1, -0.05) is 25.1 Å².